The van der Waals surface area contributed by atoms with Crippen LogP contribution >= 0.6 is 11.6 Å². The van der Waals surface area contributed by atoms with Gasteiger partial charge in [0.05, 0.1) is 16.6 Å². The minimum Gasteiger partial charge on any atom is -0.369 e. The molecule has 0 spiro atoms. The Morgan fingerprint density at radius 3 is 3.05 bits per heavy atom. The van der Waals surface area contributed by atoms with Gasteiger partial charge in [0.15, 0.2) is 0 Å². The lowest BCUT2D eigenvalue weighted by Crippen LogP contribution is -2.42. The van der Waals surface area contributed by atoms with Gasteiger partial charge in [0, 0.05) is 26.7 Å². The van der Waals surface area contributed by atoms with Crippen LogP contribution in [0.1, 0.15) is 18.4 Å². The number of nitrogens with two attached hydrogens (primary N) is 1. The first kappa shape index (κ1) is 14.2. The maximum absolute atomic E-state index is 11.8. The van der Waals surface area contributed by atoms with Crippen molar-refractivity contribution in [2.75, 3.05) is 25.0 Å². The highest BCUT2D eigenvalue weighted by molar-refractivity contribution is 6.33. The van der Waals surface area contributed by atoms with Crippen molar-refractivity contribution in [3.8, 4) is 0 Å². The van der Waals surface area contributed by atoms with Crippen LogP contribution < -0.4 is 16.0 Å². The summed E-state index contributed by atoms with van der Waals surface area (Å²) in [5.41, 5.74) is 7.80. The summed E-state index contributed by atoms with van der Waals surface area (Å²) in [6, 6.07) is 5.78. The van der Waals surface area contributed by atoms with Gasteiger partial charge >= 0.3 is 0 Å². The lowest BCUT2D eigenvalue weighted by atomic mass is 9.96. The van der Waals surface area contributed by atoms with E-state index in [0.717, 1.165) is 30.6 Å². The molecule has 1 amide bonds. The fourth-order valence-corrected chi connectivity index (χ4v) is 2.99. The summed E-state index contributed by atoms with van der Waals surface area (Å²) < 4.78 is 0. The SMILES string of the molecule is CNC(=O)C1CCCN(c2c(Cl)cccc2CN)C1. The van der Waals surface area contributed by atoms with Gasteiger partial charge in [-0.3, -0.25) is 4.79 Å². The fraction of sp³-hybridized carbons (Fsp3) is 0.500. The maximum Gasteiger partial charge on any atom is 0.224 e. The summed E-state index contributed by atoms with van der Waals surface area (Å²) in [5.74, 6) is 0.131. The van der Waals surface area contributed by atoms with E-state index in [1.165, 1.54) is 0 Å². The number of hydrogen-bond donors (Lipinski definition) is 2. The van der Waals surface area contributed by atoms with E-state index < -0.39 is 0 Å². The van der Waals surface area contributed by atoms with E-state index in [2.05, 4.69) is 10.2 Å². The van der Waals surface area contributed by atoms with Gasteiger partial charge < -0.3 is 16.0 Å². The molecule has 0 aromatic heterocycles. The van der Waals surface area contributed by atoms with E-state index in [1.54, 1.807) is 7.05 Å². The third kappa shape index (κ3) is 3.01. The summed E-state index contributed by atoms with van der Waals surface area (Å²) in [4.78, 5) is 14.0. The summed E-state index contributed by atoms with van der Waals surface area (Å²) in [7, 11) is 1.68. The molecule has 1 atom stereocenters. The van der Waals surface area contributed by atoms with Gasteiger partial charge in [-0.05, 0) is 24.5 Å². The zero-order valence-corrected chi connectivity index (χ0v) is 11.9. The third-order valence-electron chi connectivity index (χ3n) is 3.65. The first-order valence-corrected chi connectivity index (χ1v) is 6.99. The van der Waals surface area contributed by atoms with Crippen LogP contribution in [-0.4, -0.2) is 26.0 Å². The van der Waals surface area contributed by atoms with Gasteiger partial charge in [-0.25, -0.2) is 0 Å². The number of rotatable bonds is 3. The number of piperidine rings is 1. The second kappa shape index (κ2) is 6.26. The minimum absolute atomic E-state index is 0.0284. The predicted molar refractivity (Wildman–Crippen MR) is 78.3 cm³/mol. The van der Waals surface area contributed by atoms with Gasteiger partial charge in [-0.2, -0.15) is 0 Å². The van der Waals surface area contributed by atoms with Crippen molar-refractivity contribution in [2.45, 2.75) is 19.4 Å². The van der Waals surface area contributed by atoms with Crippen molar-refractivity contribution in [1.29, 1.82) is 0 Å². The first-order valence-electron chi connectivity index (χ1n) is 6.61. The van der Waals surface area contributed by atoms with Crippen molar-refractivity contribution in [3.05, 3.63) is 28.8 Å². The maximum atomic E-state index is 11.8. The van der Waals surface area contributed by atoms with Crippen molar-refractivity contribution >= 4 is 23.2 Å². The molecule has 1 aliphatic rings. The third-order valence-corrected chi connectivity index (χ3v) is 3.95. The Morgan fingerprint density at radius 1 is 1.58 bits per heavy atom. The van der Waals surface area contributed by atoms with Crippen molar-refractivity contribution in [2.24, 2.45) is 11.7 Å². The largest absolute Gasteiger partial charge is 0.369 e. The number of nitrogens with zero attached hydrogens (tertiary/aromatic N) is 1. The summed E-state index contributed by atoms with van der Waals surface area (Å²) in [6.07, 6.45) is 1.92. The second-order valence-corrected chi connectivity index (χ2v) is 5.26. The summed E-state index contributed by atoms with van der Waals surface area (Å²) in [5, 5.41) is 3.44. The zero-order chi connectivity index (χ0) is 13.8. The Kier molecular flexibility index (Phi) is 4.66. The molecule has 104 valence electrons. The molecule has 1 aromatic carbocycles. The molecular weight excluding hydrogens is 262 g/mol. The molecule has 1 fully saturated rings. The monoisotopic (exact) mass is 281 g/mol. The van der Waals surface area contributed by atoms with Crippen LogP contribution in [0.25, 0.3) is 0 Å². The number of hydrogen-bond acceptors (Lipinski definition) is 3. The van der Waals surface area contributed by atoms with Crippen molar-refractivity contribution in [1.82, 2.24) is 5.32 Å². The van der Waals surface area contributed by atoms with Gasteiger partial charge in [0.1, 0.15) is 0 Å². The molecule has 19 heavy (non-hydrogen) atoms. The van der Waals surface area contributed by atoms with Gasteiger partial charge in [0.2, 0.25) is 5.91 Å². The molecular formula is C14H20ClN3O. The van der Waals surface area contributed by atoms with Crippen LogP contribution in [0.4, 0.5) is 5.69 Å². The Labute approximate surface area is 118 Å². The van der Waals surface area contributed by atoms with E-state index in [4.69, 9.17) is 17.3 Å². The summed E-state index contributed by atoms with van der Waals surface area (Å²) in [6.45, 7) is 2.08. The van der Waals surface area contributed by atoms with Gasteiger partial charge in [0.25, 0.3) is 0 Å². The van der Waals surface area contributed by atoms with Crippen LogP contribution in [0.2, 0.25) is 5.02 Å². The van der Waals surface area contributed by atoms with E-state index in [1.807, 2.05) is 18.2 Å². The number of carbonyl (C=O) groups excluding carboxylic acids is 1. The van der Waals surface area contributed by atoms with E-state index >= 15 is 0 Å². The fourth-order valence-electron chi connectivity index (χ4n) is 2.68. The number of nitrogens with one attached hydrogen (secondary N) is 1. The number of anilines is 1. The average Bonchev–Trinajstić information content (AvgIpc) is 2.46. The molecule has 0 saturated carbocycles. The molecule has 4 nitrogen and oxygen atoms in total. The number of carbonyl (C=O) groups is 1. The first-order chi connectivity index (χ1) is 9.17. The molecule has 5 heteroatoms. The van der Waals surface area contributed by atoms with Crippen LogP contribution in [0.3, 0.4) is 0 Å². The van der Waals surface area contributed by atoms with E-state index in [9.17, 15) is 4.79 Å². The van der Waals surface area contributed by atoms with Crippen LogP contribution in [0.5, 0.6) is 0 Å². The highest BCUT2D eigenvalue weighted by atomic mass is 35.5. The molecule has 0 bridgehead atoms. The predicted octanol–water partition coefficient (Wildman–Crippen LogP) is 1.76. The Morgan fingerprint density at radius 2 is 2.37 bits per heavy atom. The quantitative estimate of drug-likeness (QED) is 0.888. The molecule has 1 aliphatic heterocycles. The number of amides is 1. The second-order valence-electron chi connectivity index (χ2n) is 4.85. The minimum atomic E-state index is 0.0284. The number of benzene rings is 1. The van der Waals surface area contributed by atoms with E-state index in [-0.39, 0.29) is 11.8 Å². The van der Waals surface area contributed by atoms with E-state index in [0.29, 0.717) is 18.1 Å². The highest BCUT2D eigenvalue weighted by Crippen LogP contribution is 2.33. The molecule has 2 rings (SSSR count). The molecule has 1 aromatic rings. The number of para-hydroxylation sites is 1. The van der Waals surface area contributed by atoms with Crippen LogP contribution in [0, 0.1) is 5.92 Å². The molecule has 3 N–H and O–H groups in total. The van der Waals surface area contributed by atoms with Gasteiger partial charge in [-0.1, -0.05) is 23.7 Å². The van der Waals surface area contributed by atoms with Gasteiger partial charge in [-0.15, -0.1) is 0 Å². The molecule has 1 unspecified atom stereocenters. The Bertz CT molecular complexity index is 464. The Hall–Kier alpha value is -1.26. The Balaban J connectivity index is 2.24. The summed E-state index contributed by atoms with van der Waals surface area (Å²) >= 11 is 6.30. The van der Waals surface area contributed by atoms with Crippen LogP contribution in [-0.2, 0) is 11.3 Å². The average molecular weight is 282 g/mol. The van der Waals surface area contributed by atoms with Crippen molar-refractivity contribution in [3.63, 3.8) is 0 Å². The normalized spacial score (nSPS) is 19.3. The molecule has 0 aliphatic carbocycles. The highest BCUT2D eigenvalue weighted by Gasteiger charge is 2.27. The van der Waals surface area contributed by atoms with Crippen molar-refractivity contribution < 1.29 is 4.79 Å². The topological polar surface area (TPSA) is 58.4 Å². The lowest BCUT2D eigenvalue weighted by molar-refractivity contribution is -0.124. The zero-order valence-electron chi connectivity index (χ0n) is 11.2. The standard InChI is InChI=1S/C14H20ClN3O/c1-17-14(19)11-5-3-7-18(9-11)13-10(8-16)4-2-6-12(13)15/h2,4,6,11H,3,5,7-9,16H2,1H3,(H,17,19). The lowest BCUT2D eigenvalue weighted by Gasteiger charge is -2.35. The molecule has 1 heterocycles. The smallest absolute Gasteiger partial charge is 0.224 e. The van der Waals surface area contributed by atoms with Crippen LogP contribution in [0.15, 0.2) is 18.2 Å². The number of halogens is 1. The molecule has 0 radical (unpaired) electrons. The molecule has 1 saturated heterocycles.